The Morgan fingerprint density at radius 2 is 1.84 bits per heavy atom. The molecule has 1 aromatic carbocycles. The minimum absolute atomic E-state index is 0.0880. The van der Waals surface area contributed by atoms with Gasteiger partial charge in [-0.2, -0.15) is 0 Å². The van der Waals surface area contributed by atoms with Crippen LogP contribution in [0, 0.1) is 0 Å². The van der Waals surface area contributed by atoms with Crippen molar-refractivity contribution in [2.24, 2.45) is 0 Å². The summed E-state index contributed by atoms with van der Waals surface area (Å²) in [6.45, 7) is 6.91. The molecule has 1 saturated carbocycles. The van der Waals surface area contributed by atoms with Gasteiger partial charge in [0.2, 0.25) is 0 Å². The number of aliphatic hydroxyl groups excluding tert-OH is 1. The van der Waals surface area contributed by atoms with Crippen LogP contribution in [0.5, 0.6) is 0 Å². The molecule has 1 fully saturated rings. The highest BCUT2D eigenvalue weighted by atomic mass is 16.3. The summed E-state index contributed by atoms with van der Waals surface area (Å²) in [4.78, 5) is 0. The summed E-state index contributed by atoms with van der Waals surface area (Å²) in [5.41, 5.74) is 3.13. The Morgan fingerprint density at radius 1 is 1.16 bits per heavy atom. The van der Waals surface area contributed by atoms with Gasteiger partial charge in [0.1, 0.15) is 0 Å². The third-order valence-corrected chi connectivity index (χ3v) is 4.69. The van der Waals surface area contributed by atoms with Gasteiger partial charge in [-0.15, -0.1) is 0 Å². The maximum absolute atomic E-state index is 9.79. The summed E-state index contributed by atoms with van der Waals surface area (Å²) >= 11 is 0. The second-order valence-corrected chi connectivity index (χ2v) is 6.77. The standard InChI is InChI=1S/C18H28O/c1-4-12-18(2,3)16-10-8-14(9-11-16)15-6-5-7-17(19)13-15/h8-11,15,17,19H,4-7,12-13H2,1-3H3/t15-,17+/m0/s1. The van der Waals surface area contributed by atoms with Crippen LogP contribution in [0.1, 0.15) is 76.3 Å². The average Bonchev–Trinajstić information content (AvgIpc) is 2.39. The third-order valence-electron chi connectivity index (χ3n) is 4.69. The van der Waals surface area contributed by atoms with E-state index in [-0.39, 0.29) is 11.5 Å². The van der Waals surface area contributed by atoms with Gasteiger partial charge in [0.05, 0.1) is 6.10 Å². The number of rotatable bonds is 4. The van der Waals surface area contributed by atoms with Gasteiger partial charge in [-0.25, -0.2) is 0 Å². The number of benzene rings is 1. The first-order valence-corrected chi connectivity index (χ1v) is 7.81. The van der Waals surface area contributed by atoms with Crippen LogP contribution in [0.3, 0.4) is 0 Å². The van der Waals surface area contributed by atoms with Gasteiger partial charge in [0.15, 0.2) is 0 Å². The van der Waals surface area contributed by atoms with E-state index in [0.29, 0.717) is 5.92 Å². The highest BCUT2D eigenvalue weighted by Gasteiger charge is 2.23. The van der Waals surface area contributed by atoms with Gasteiger partial charge < -0.3 is 5.11 Å². The van der Waals surface area contributed by atoms with Crippen molar-refractivity contribution >= 4 is 0 Å². The number of hydrogen-bond acceptors (Lipinski definition) is 1. The molecule has 0 saturated heterocycles. The summed E-state index contributed by atoms with van der Waals surface area (Å²) in [5, 5.41) is 9.79. The minimum atomic E-state index is -0.0880. The first-order valence-electron chi connectivity index (χ1n) is 7.81. The van der Waals surface area contributed by atoms with Gasteiger partial charge in [0, 0.05) is 0 Å². The molecule has 0 aliphatic heterocycles. The summed E-state index contributed by atoms with van der Waals surface area (Å²) in [6.07, 6.45) is 6.69. The Kier molecular flexibility index (Phi) is 4.67. The Labute approximate surface area is 118 Å². The molecule has 2 rings (SSSR count). The molecule has 2 atom stereocenters. The van der Waals surface area contributed by atoms with Gasteiger partial charge in [-0.05, 0) is 48.1 Å². The first-order chi connectivity index (χ1) is 9.03. The Morgan fingerprint density at radius 3 is 2.42 bits per heavy atom. The molecule has 1 heteroatoms. The van der Waals surface area contributed by atoms with E-state index in [1.54, 1.807) is 0 Å². The summed E-state index contributed by atoms with van der Waals surface area (Å²) in [5.74, 6) is 0.562. The summed E-state index contributed by atoms with van der Waals surface area (Å²) in [6, 6.07) is 9.17. The van der Waals surface area contributed by atoms with Crippen molar-refractivity contribution in [3.8, 4) is 0 Å². The molecule has 0 radical (unpaired) electrons. The molecule has 0 unspecified atom stereocenters. The minimum Gasteiger partial charge on any atom is -0.393 e. The van der Waals surface area contributed by atoms with E-state index in [0.717, 1.165) is 19.3 Å². The second-order valence-electron chi connectivity index (χ2n) is 6.77. The van der Waals surface area contributed by atoms with Crippen molar-refractivity contribution in [2.45, 2.75) is 76.7 Å². The Bertz CT molecular complexity index is 391. The molecule has 1 aliphatic carbocycles. The SMILES string of the molecule is CCCC(C)(C)c1ccc([C@H]2CCC[C@@H](O)C2)cc1. The molecule has 0 bridgehead atoms. The van der Waals surface area contributed by atoms with Gasteiger partial charge >= 0.3 is 0 Å². The summed E-state index contributed by atoms with van der Waals surface area (Å²) in [7, 11) is 0. The lowest BCUT2D eigenvalue weighted by atomic mass is 9.78. The molecular formula is C18H28O. The van der Waals surface area contributed by atoms with Crippen molar-refractivity contribution < 1.29 is 5.11 Å². The molecule has 106 valence electrons. The van der Waals surface area contributed by atoms with Crippen LogP contribution in [0.4, 0.5) is 0 Å². The van der Waals surface area contributed by atoms with Crippen LogP contribution < -0.4 is 0 Å². The predicted octanol–water partition coefficient (Wildman–Crippen LogP) is 4.78. The van der Waals surface area contributed by atoms with E-state index in [4.69, 9.17) is 0 Å². The lowest BCUT2D eigenvalue weighted by Crippen LogP contribution is -2.19. The van der Waals surface area contributed by atoms with E-state index in [9.17, 15) is 5.11 Å². The molecular weight excluding hydrogens is 232 g/mol. The number of hydrogen-bond donors (Lipinski definition) is 1. The van der Waals surface area contributed by atoms with E-state index < -0.39 is 0 Å². The van der Waals surface area contributed by atoms with Crippen molar-refractivity contribution in [2.75, 3.05) is 0 Å². The lowest BCUT2D eigenvalue weighted by Gasteiger charge is -2.28. The van der Waals surface area contributed by atoms with Crippen LogP contribution in [0.25, 0.3) is 0 Å². The van der Waals surface area contributed by atoms with Crippen molar-refractivity contribution in [1.82, 2.24) is 0 Å². The smallest absolute Gasteiger partial charge is 0.0546 e. The monoisotopic (exact) mass is 260 g/mol. The molecule has 19 heavy (non-hydrogen) atoms. The van der Waals surface area contributed by atoms with Crippen molar-refractivity contribution in [3.63, 3.8) is 0 Å². The highest BCUT2D eigenvalue weighted by Crippen LogP contribution is 2.35. The largest absolute Gasteiger partial charge is 0.393 e. The molecule has 1 N–H and O–H groups in total. The Hall–Kier alpha value is -0.820. The molecule has 0 amide bonds. The molecule has 0 spiro atoms. The average molecular weight is 260 g/mol. The maximum atomic E-state index is 9.79. The molecule has 1 aliphatic rings. The second kappa shape index (κ2) is 6.09. The fraction of sp³-hybridized carbons (Fsp3) is 0.667. The lowest BCUT2D eigenvalue weighted by molar-refractivity contribution is 0.119. The van der Waals surface area contributed by atoms with Gasteiger partial charge in [0.25, 0.3) is 0 Å². The van der Waals surface area contributed by atoms with Crippen LogP contribution in [0.15, 0.2) is 24.3 Å². The van der Waals surface area contributed by atoms with Gasteiger partial charge in [-0.3, -0.25) is 0 Å². The topological polar surface area (TPSA) is 20.2 Å². The van der Waals surface area contributed by atoms with E-state index in [2.05, 4.69) is 45.0 Å². The molecule has 0 aromatic heterocycles. The fourth-order valence-corrected chi connectivity index (χ4v) is 3.44. The highest BCUT2D eigenvalue weighted by molar-refractivity contribution is 5.30. The predicted molar refractivity (Wildman–Crippen MR) is 81.6 cm³/mol. The number of aliphatic hydroxyl groups is 1. The molecule has 1 aromatic rings. The Balaban J connectivity index is 2.09. The van der Waals surface area contributed by atoms with Crippen LogP contribution in [0.2, 0.25) is 0 Å². The van der Waals surface area contributed by atoms with Crippen molar-refractivity contribution in [1.29, 1.82) is 0 Å². The zero-order valence-electron chi connectivity index (χ0n) is 12.7. The zero-order chi connectivity index (χ0) is 13.9. The van der Waals surface area contributed by atoms with Crippen LogP contribution in [-0.2, 0) is 5.41 Å². The van der Waals surface area contributed by atoms with Crippen LogP contribution >= 0.6 is 0 Å². The normalized spacial score (nSPS) is 24.4. The molecule has 1 nitrogen and oxygen atoms in total. The van der Waals surface area contributed by atoms with E-state index in [1.165, 1.54) is 30.4 Å². The van der Waals surface area contributed by atoms with Crippen molar-refractivity contribution in [3.05, 3.63) is 35.4 Å². The summed E-state index contributed by atoms with van der Waals surface area (Å²) < 4.78 is 0. The van der Waals surface area contributed by atoms with Gasteiger partial charge in [-0.1, -0.05) is 57.9 Å². The maximum Gasteiger partial charge on any atom is 0.0546 e. The fourth-order valence-electron chi connectivity index (χ4n) is 3.44. The van der Waals surface area contributed by atoms with E-state index in [1.807, 2.05) is 0 Å². The zero-order valence-corrected chi connectivity index (χ0v) is 12.7. The molecule has 0 heterocycles. The first kappa shape index (κ1) is 14.6. The van der Waals surface area contributed by atoms with E-state index >= 15 is 0 Å². The van der Waals surface area contributed by atoms with Crippen LogP contribution in [-0.4, -0.2) is 11.2 Å². The quantitative estimate of drug-likeness (QED) is 0.825. The third kappa shape index (κ3) is 3.60.